The van der Waals surface area contributed by atoms with Gasteiger partial charge in [-0.1, -0.05) is 29.8 Å². The van der Waals surface area contributed by atoms with Gasteiger partial charge in [0.05, 0.1) is 11.3 Å². The third-order valence-corrected chi connectivity index (χ3v) is 3.40. The van der Waals surface area contributed by atoms with Gasteiger partial charge in [-0.2, -0.15) is 0 Å². The number of phenols is 1. The highest BCUT2D eigenvalue weighted by Gasteiger charge is 2.33. The van der Waals surface area contributed by atoms with E-state index in [0.717, 1.165) is 4.90 Å². The molecule has 2 amide bonds. The molecule has 0 spiro atoms. The van der Waals surface area contributed by atoms with Crippen molar-refractivity contribution in [3.63, 3.8) is 0 Å². The third kappa shape index (κ3) is 2.41. The molecule has 0 atom stereocenters. The summed E-state index contributed by atoms with van der Waals surface area (Å²) in [5.41, 5.74) is 1.30. The molecule has 21 heavy (non-hydrogen) atoms. The molecule has 2 aromatic carbocycles. The first-order chi connectivity index (χ1) is 10.1. The molecule has 1 aliphatic heterocycles. The molecule has 0 saturated heterocycles. The van der Waals surface area contributed by atoms with E-state index in [1.165, 1.54) is 18.2 Å². The van der Waals surface area contributed by atoms with Crippen LogP contribution in [-0.4, -0.2) is 16.9 Å². The smallest absolute Gasteiger partial charge is 0.266 e. The van der Waals surface area contributed by atoms with Crippen LogP contribution < -0.4 is 4.90 Å². The zero-order valence-electron chi connectivity index (χ0n) is 10.8. The molecule has 1 aliphatic rings. The Labute approximate surface area is 125 Å². The Bertz CT molecular complexity index is 765. The maximum atomic E-state index is 12.4. The molecule has 0 aromatic heterocycles. The lowest BCUT2D eigenvalue weighted by atomic mass is 10.1. The fourth-order valence-corrected chi connectivity index (χ4v) is 2.36. The number of phenolic OH excluding ortho intramolecular Hbond substituents is 1. The first-order valence-electron chi connectivity index (χ1n) is 6.21. The minimum atomic E-state index is -0.412. The van der Waals surface area contributed by atoms with Crippen LogP contribution in [0.5, 0.6) is 5.75 Å². The fourth-order valence-electron chi connectivity index (χ4n) is 2.18. The maximum absolute atomic E-state index is 12.4. The van der Waals surface area contributed by atoms with Gasteiger partial charge in [0.15, 0.2) is 0 Å². The maximum Gasteiger partial charge on any atom is 0.266 e. The molecule has 1 N–H and O–H groups in total. The van der Waals surface area contributed by atoms with Crippen LogP contribution in [0.4, 0.5) is 5.69 Å². The normalized spacial score (nSPS) is 14.5. The number of aromatic hydroxyl groups is 1. The number of carbonyl (C=O) groups excluding carboxylic acids is 2. The Balaban J connectivity index is 1.97. The highest BCUT2D eigenvalue weighted by atomic mass is 35.5. The number of carbonyl (C=O) groups is 2. The van der Waals surface area contributed by atoms with Crippen LogP contribution in [0.1, 0.15) is 5.56 Å². The van der Waals surface area contributed by atoms with Crippen LogP contribution in [0.25, 0.3) is 5.57 Å². The molecule has 1 heterocycles. The van der Waals surface area contributed by atoms with Gasteiger partial charge in [0.1, 0.15) is 5.75 Å². The van der Waals surface area contributed by atoms with Crippen LogP contribution in [0, 0.1) is 0 Å². The van der Waals surface area contributed by atoms with Crippen molar-refractivity contribution in [2.24, 2.45) is 0 Å². The fraction of sp³-hybridized carbons (Fsp3) is 0. The second kappa shape index (κ2) is 5.07. The molecular weight excluding hydrogens is 290 g/mol. The van der Waals surface area contributed by atoms with E-state index >= 15 is 0 Å². The second-order valence-corrected chi connectivity index (χ2v) is 5.00. The van der Waals surface area contributed by atoms with Gasteiger partial charge in [0, 0.05) is 11.1 Å². The lowest BCUT2D eigenvalue weighted by Gasteiger charge is -2.15. The first-order valence-corrected chi connectivity index (χ1v) is 6.59. The predicted octanol–water partition coefficient (Wildman–Crippen LogP) is 3.00. The van der Waals surface area contributed by atoms with E-state index in [9.17, 15) is 14.7 Å². The molecule has 4 nitrogen and oxygen atoms in total. The highest BCUT2D eigenvalue weighted by Crippen LogP contribution is 2.30. The van der Waals surface area contributed by atoms with Gasteiger partial charge in [-0.15, -0.1) is 0 Å². The molecule has 0 saturated carbocycles. The lowest BCUT2D eigenvalue weighted by Crippen LogP contribution is -2.30. The number of amides is 2. The summed E-state index contributed by atoms with van der Waals surface area (Å²) < 4.78 is 0. The Hall–Kier alpha value is -2.59. The Morgan fingerprint density at radius 3 is 2.38 bits per heavy atom. The van der Waals surface area contributed by atoms with Gasteiger partial charge in [0.2, 0.25) is 0 Å². The molecule has 0 bridgehead atoms. The summed E-state index contributed by atoms with van der Waals surface area (Å²) in [5.74, 6) is -0.721. The molecule has 2 aromatic rings. The molecule has 5 heteroatoms. The first kappa shape index (κ1) is 13.4. The number of nitrogens with zero attached hydrogens (tertiary/aromatic N) is 1. The van der Waals surface area contributed by atoms with Crippen LogP contribution in [0.15, 0.2) is 54.6 Å². The molecule has 0 aliphatic carbocycles. The van der Waals surface area contributed by atoms with Gasteiger partial charge >= 0.3 is 0 Å². The van der Waals surface area contributed by atoms with Crippen molar-refractivity contribution in [2.75, 3.05) is 4.90 Å². The average Bonchev–Trinajstić information content (AvgIpc) is 2.75. The number of halogens is 1. The summed E-state index contributed by atoms with van der Waals surface area (Å²) in [6, 6.07) is 12.7. The topological polar surface area (TPSA) is 57.6 Å². The van der Waals surface area contributed by atoms with Gasteiger partial charge in [-0.05, 0) is 35.9 Å². The van der Waals surface area contributed by atoms with Crippen LogP contribution >= 0.6 is 11.6 Å². The summed E-state index contributed by atoms with van der Waals surface area (Å²) in [7, 11) is 0. The highest BCUT2D eigenvalue weighted by molar-refractivity contribution is 6.43. The monoisotopic (exact) mass is 299 g/mol. The zero-order chi connectivity index (χ0) is 15.0. The average molecular weight is 300 g/mol. The number of anilines is 1. The minimum absolute atomic E-state index is 0.0998. The number of benzene rings is 2. The van der Waals surface area contributed by atoms with Crippen molar-refractivity contribution in [2.45, 2.75) is 0 Å². The van der Waals surface area contributed by atoms with Crippen LogP contribution in [0.2, 0.25) is 5.02 Å². The number of rotatable bonds is 2. The van der Waals surface area contributed by atoms with Gasteiger partial charge in [-0.25, -0.2) is 4.90 Å². The molecule has 0 unspecified atom stereocenters. The van der Waals surface area contributed by atoms with E-state index in [2.05, 4.69) is 0 Å². The van der Waals surface area contributed by atoms with Crippen molar-refractivity contribution in [1.29, 1.82) is 0 Å². The van der Waals surface area contributed by atoms with E-state index in [0.29, 0.717) is 21.8 Å². The SMILES string of the molecule is O=C1C=C(c2ccc(O)cc2)C(=O)N1c1cccc(Cl)c1. The van der Waals surface area contributed by atoms with Crippen molar-refractivity contribution in [1.82, 2.24) is 0 Å². The Kier molecular flexibility index (Phi) is 3.23. The van der Waals surface area contributed by atoms with Gasteiger partial charge in [-0.3, -0.25) is 9.59 Å². The second-order valence-electron chi connectivity index (χ2n) is 4.56. The Morgan fingerprint density at radius 2 is 1.71 bits per heavy atom. The predicted molar refractivity (Wildman–Crippen MR) is 80.0 cm³/mol. The van der Waals surface area contributed by atoms with Crippen molar-refractivity contribution in [3.05, 3.63) is 65.2 Å². The minimum Gasteiger partial charge on any atom is -0.508 e. The van der Waals surface area contributed by atoms with Gasteiger partial charge < -0.3 is 5.11 Å². The van der Waals surface area contributed by atoms with E-state index in [4.69, 9.17) is 11.6 Å². The lowest BCUT2D eigenvalue weighted by molar-refractivity contribution is -0.119. The number of imide groups is 1. The summed E-state index contributed by atoms with van der Waals surface area (Å²) in [4.78, 5) is 25.6. The number of hydrogen-bond acceptors (Lipinski definition) is 3. The molecule has 3 rings (SSSR count). The summed E-state index contributed by atoms with van der Waals surface area (Å²) >= 11 is 5.90. The largest absolute Gasteiger partial charge is 0.508 e. The molecule has 0 radical (unpaired) electrons. The quantitative estimate of drug-likeness (QED) is 0.867. The van der Waals surface area contributed by atoms with Crippen molar-refractivity contribution >= 4 is 34.7 Å². The summed E-state index contributed by atoms with van der Waals surface area (Å²) in [5, 5.41) is 9.73. The number of hydrogen-bond donors (Lipinski definition) is 1. The zero-order valence-corrected chi connectivity index (χ0v) is 11.5. The summed E-state index contributed by atoms with van der Waals surface area (Å²) in [6.07, 6.45) is 1.29. The van der Waals surface area contributed by atoms with Crippen LogP contribution in [-0.2, 0) is 9.59 Å². The Morgan fingerprint density at radius 1 is 1.00 bits per heavy atom. The molecular formula is C16H10ClNO3. The van der Waals surface area contributed by atoms with E-state index in [1.807, 2.05) is 0 Å². The molecule has 104 valence electrons. The van der Waals surface area contributed by atoms with E-state index in [-0.39, 0.29) is 5.75 Å². The van der Waals surface area contributed by atoms with E-state index < -0.39 is 11.8 Å². The molecule has 0 fully saturated rings. The van der Waals surface area contributed by atoms with Crippen molar-refractivity contribution < 1.29 is 14.7 Å². The third-order valence-electron chi connectivity index (χ3n) is 3.17. The van der Waals surface area contributed by atoms with Gasteiger partial charge in [0.25, 0.3) is 11.8 Å². The standard InChI is InChI=1S/C16H10ClNO3/c17-11-2-1-3-12(8-11)18-15(20)9-14(16(18)21)10-4-6-13(19)7-5-10/h1-9,19H. The summed E-state index contributed by atoms with van der Waals surface area (Å²) in [6.45, 7) is 0. The van der Waals surface area contributed by atoms with Crippen molar-refractivity contribution in [3.8, 4) is 5.75 Å². The van der Waals surface area contributed by atoms with E-state index in [1.54, 1.807) is 36.4 Å². The van der Waals surface area contributed by atoms with Crippen LogP contribution in [0.3, 0.4) is 0 Å².